The molecule has 0 amide bonds. The highest BCUT2D eigenvalue weighted by atomic mass is 35.5. The number of hydrogen-bond donors (Lipinski definition) is 2. The molecule has 0 aromatic heterocycles. The topological polar surface area (TPSA) is 61.4 Å². The van der Waals surface area contributed by atoms with Gasteiger partial charge >= 0.3 is 10.2 Å². The SMILES string of the molecule is CN(CCCNC1CC1)S(=O)(=O)Nc1cccc(Cl)c1F. The first-order valence-corrected chi connectivity index (χ1v) is 8.63. The molecule has 0 spiro atoms. The quantitative estimate of drug-likeness (QED) is 0.716. The fraction of sp³-hybridized carbons (Fsp3) is 0.538. The van der Waals surface area contributed by atoms with Crippen LogP contribution in [0.15, 0.2) is 18.2 Å². The van der Waals surface area contributed by atoms with Gasteiger partial charge in [-0.05, 0) is 37.9 Å². The van der Waals surface area contributed by atoms with Crippen molar-refractivity contribution in [1.82, 2.24) is 9.62 Å². The van der Waals surface area contributed by atoms with Crippen molar-refractivity contribution in [2.45, 2.75) is 25.3 Å². The third-order valence-electron chi connectivity index (χ3n) is 3.26. The van der Waals surface area contributed by atoms with Crippen molar-refractivity contribution >= 4 is 27.5 Å². The first kappa shape index (κ1) is 16.5. The Morgan fingerprint density at radius 3 is 2.81 bits per heavy atom. The standard InChI is InChI=1S/C13H19ClFN3O2S/c1-18(9-3-8-16-10-6-7-10)21(19,20)17-12-5-2-4-11(14)13(12)15/h2,4-5,10,16-17H,3,6-9H2,1H3. The summed E-state index contributed by atoms with van der Waals surface area (Å²) in [7, 11) is -2.32. The predicted molar refractivity (Wildman–Crippen MR) is 82.2 cm³/mol. The number of halogens is 2. The largest absolute Gasteiger partial charge is 0.314 e. The predicted octanol–water partition coefficient (Wildman–Crippen LogP) is 2.21. The molecular formula is C13H19ClFN3O2S. The molecule has 1 aliphatic rings. The van der Waals surface area contributed by atoms with Crippen molar-refractivity contribution < 1.29 is 12.8 Å². The zero-order valence-electron chi connectivity index (χ0n) is 11.8. The summed E-state index contributed by atoms with van der Waals surface area (Å²) in [6.45, 7) is 1.13. The number of anilines is 1. The monoisotopic (exact) mass is 335 g/mol. The Bertz CT molecular complexity index is 593. The summed E-state index contributed by atoms with van der Waals surface area (Å²) in [5.41, 5.74) is -0.148. The van der Waals surface area contributed by atoms with E-state index in [1.807, 2.05) is 0 Å². The average molecular weight is 336 g/mol. The van der Waals surface area contributed by atoms with E-state index in [1.165, 1.54) is 42.4 Å². The van der Waals surface area contributed by atoms with Crippen LogP contribution in [0.2, 0.25) is 5.02 Å². The van der Waals surface area contributed by atoms with Crippen LogP contribution in [0.4, 0.5) is 10.1 Å². The molecule has 1 aromatic rings. The van der Waals surface area contributed by atoms with E-state index in [-0.39, 0.29) is 10.7 Å². The highest BCUT2D eigenvalue weighted by Crippen LogP contribution is 2.23. The van der Waals surface area contributed by atoms with Gasteiger partial charge < -0.3 is 5.32 Å². The average Bonchev–Trinajstić information content (AvgIpc) is 3.23. The molecule has 2 rings (SSSR count). The van der Waals surface area contributed by atoms with Gasteiger partial charge in [0.15, 0.2) is 5.82 Å². The van der Waals surface area contributed by atoms with Crippen molar-refractivity contribution in [2.75, 3.05) is 24.9 Å². The third-order valence-corrected chi connectivity index (χ3v) is 5.03. The number of benzene rings is 1. The molecule has 0 aliphatic heterocycles. The number of nitrogens with zero attached hydrogens (tertiary/aromatic N) is 1. The summed E-state index contributed by atoms with van der Waals surface area (Å²) >= 11 is 5.63. The summed E-state index contributed by atoms with van der Waals surface area (Å²) in [4.78, 5) is 0. The molecule has 1 saturated carbocycles. The smallest absolute Gasteiger partial charge is 0.301 e. The lowest BCUT2D eigenvalue weighted by Gasteiger charge is -2.18. The molecule has 21 heavy (non-hydrogen) atoms. The highest BCUT2D eigenvalue weighted by Gasteiger charge is 2.21. The Balaban J connectivity index is 1.88. The summed E-state index contributed by atoms with van der Waals surface area (Å²) in [6, 6.07) is 4.79. The number of hydrogen-bond acceptors (Lipinski definition) is 3. The molecule has 1 aromatic carbocycles. The molecule has 118 valence electrons. The second-order valence-corrected chi connectivity index (χ2v) is 7.30. The van der Waals surface area contributed by atoms with E-state index in [9.17, 15) is 12.8 Å². The van der Waals surface area contributed by atoms with Crippen molar-refractivity contribution in [3.05, 3.63) is 29.0 Å². The molecule has 0 atom stereocenters. The minimum absolute atomic E-state index is 0.119. The van der Waals surface area contributed by atoms with Gasteiger partial charge in [-0.25, -0.2) is 4.39 Å². The lowest BCUT2D eigenvalue weighted by atomic mass is 10.3. The Labute approximate surface area is 129 Å². The van der Waals surface area contributed by atoms with Crippen molar-refractivity contribution in [3.63, 3.8) is 0 Å². The van der Waals surface area contributed by atoms with E-state index < -0.39 is 16.0 Å². The van der Waals surface area contributed by atoms with Crippen LogP contribution in [0.5, 0.6) is 0 Å². The molecule has 8 heteroatoms. The van der Waals surface area contributed by atoms with Crippen LogP contribution < -0.4 is 10.0 Å². The summed E-state index contributed by atoms with van der Waals surface area (Å²) in [6.07, 6.45) is 3.10. The van der Waals surface area contributed by atoms with Crippen LogP contribution in [0.1, 0.15) is 19.3 Å². The Morgan fingerprint density at radius 1 is 1.43 bits per heavy atom. The van der Waals surface area contributed by atoms with Crippen molar-refractivity contribution in [1.29, 1.82) is 0 Å². The molecule has 1 fully saturated rings. The maximum Gasteiger partial charge on any atom is 0.301 e. The summed E-state index contributed by atoms with van der Waals surface area (Å²) in [5.74, 6) is -0.772. The fourth-order valence-electron chi connectivity index (χ4n) is 1.82. The minimum Gasteiger partial charge on any atom is -0.314 e. The van der Waals surface area contributed by atoms with Crippen LogP contribution in [0.3, 0.4) is 0 Å². The second-order valence-electron chi connectivity index (χ2n) is 5.11. The van der Waals surface area contributed by atoms with Gasteiger partial charge in [-0.15, -0.1) is 0 Å². The Hall–Kier alpha value is -0.890. The lowest BCUT2D eigenvalue weighted by Crippen LogP contribution is -2.35. The molecule has 0 unspecified atom stereocenters. The van der Waals surface area contributed by atoms with Gasteiger partial charge in [0.2, 0.25) is 0 Å². The Kier molecular flexibility index (Phi) is 5.43. The van der Waals surface area contributed by atoms with Gasteiger partial charge in [0.1, 0.15) is 0 Å². The summed E-state index contributed by atoms with van der Waals surface area (Å²) in [5, 5.41) is 3.19. The molecule has 0 radical (unpaired) electrons. The Morgan fingerprint density at radius 2 is 2.14 bits per heavy atom. The lowest BCUT2D eigenvalue weighted by molar-refractivity contribution is 0.457. The van der Waals surface area contributed by atoms with Crippen LogP contribution in [-0.4, -0.2) is 38.9 Å². The van der Waals surface area contributed by atoms with Gasteiger partial charge in [0.25, 0.3) is 0 Å². The number of nitrogens with one attached hydrogen (secondary N) is 2. The molecule has 1 aliphatic carbocycles. The van der Waals surface area contributed by atoms with Gasteiger partial charge in [0.05, 0.1) is 10.7 Å². The maximum absolute atomic E-state index is 13.7. The van der Waals surface area contributed by atoms with E-state index in [2.05, 4.69) is 10.0 Å². The van der Waals surface area contributed by atoms with E-state index in [0.29, 0.717) is 19.0 Å². The molecule has 0 saturated heterocycles. The van der Waals surface area contributed by atoms with Gasteiger partial charge in [0, 0.05) is 19.6 Å². The first-order valence-electron chi connectivity index (χ1n) is 6.81. The summed E-state index contributed by atoms with van der Waals surface area (Å²) < 4.78 is 41.3. The molecule has 5 nitrogen and oxygen atoms in total. The van der Waals surface area contributed by atoms with Crippen LogP contribution in [0.25, 0.3) is 0 Å². The maximum atomic E-state index is 13.7. The third kappa shape index (κ3) is 4.81. The molecule has 2 N–H and O–H groups in total. The van der Waals surface area contributed by atoms with E-state index in [0.717, 1.165) is 6.54 Å². The van der Waals surface area contributed by atoms with E-state index in [4.69, 9.17) is 11.6 Å². The molecule has 0 heterocycles. The first-order chi connectivity index (χ1) is 9.90. The van der Waals surface area contributed by atoms with E-state index >= 15 is 0 Å². The second kappa shape index (κ2) is 6.91. The van der Waals surface area contributed by atoms with Crippen LogP contribution in [0, 0.1) is 5.82 Å². The van der Waals surface area contributed by atoms with Crippen LogP contribution >= 0.6 is 11.6 Å². The molecular weight excluding hydrogens is 317 g/mol. The van der Waals surface area contributed by atoms with Crippen molar-refractivity contribution in [3.8, 4) is 0 Å². The molecule has 0 bridgehead atoms. The normalized spacial score (nSPS) is 15.4. The minimum atomic E-state index is -3.78. The fourth-order valence-corrected chi connectivity index (χ4v) is 2.95. The zero-order chi connectivity index (χ0) is 15.5. The zero-order valence-corrected chi connectivity index (χ0v) is 13.3. The van der Waals surface area contributed by atoms with Crippen molar-refractivity contribution in [2.24, 2.45) is 0 Å². The van der Waals surface area contributed by atoms with Gasteiger partial charge in [-0.3, -0.25) is 4.72 Å². The van der Waals surface area contributed by atoms with Crippen LogP contribution in [-0.2, 0) is 10.2 Å². The number of rotatable bonds is 8. The van der Waals surface area contributed by atoms with E-state index in [1.54, 1.807) is 0 Å². The highest BCUT2D eigenvalue weighted by molar-refractivity contribution is 7.90. The van der Waals surface area contributed by atoms with Gasteiger partial charge in [-0.1, -0.05) is 17.7 Å². The van der Waals surface area contributed by atoms with Gasteiger partial charge in [-0.2, -0.15) is 12.7 Å².